The third kappa shape index (κ3) is 6.41. The number of H-pyrrole nitrogens is 1. The summed E-state index contributed by atoms with van der Waals surface area (Å²) in [5, 5.41) is 14.2. The van der Waals surface area contributed by atoms with E-state index in [9.17, 15) is 14.7 Å². The number of aromatic nitrogens is 4. The molecular weight excluding hydrogens is 630 g/mol. The van der Waals surface area contributed by atoms with Crippen LogP contribution >= 0.6 is 0 Å². The van der Waals surface area contributed by atoms with Gasteiger partial charge in [-0.1, -0.05) is 68.4 Å². The van der Waals surface area contributed by atoms with E-state index >= 15 is 0 Å². The quantitative estimate of drug-likeness (QED) is 0.166. The fraction of sp³-hybridized carbons (Fsp3) is 0.333. The van der Waals surface area contributed by atoms with Gasteiger partial charge in [-0.3, -0.25) is 24.5 Å². The van der Waals surface area contributed by atoms with Crippen molar-refractivity contribution in [3.63, 3.8) is 0 Å². The van der Waals surface area contributed by atoms with Gasteiger partial charge in [0, 0.05) is 13.0 Å². The highest BCUT2D eigenvalue weighted by Crippen LogP contribution is 2.43. The summed E-state index contributed by atoms with van der Waals surface area (Å²) in [6.07, 6.45) is -2.46. The van der Waals surface area contributed by atoms with E-state index in [1.54, 1.807) is 28.1 Å². The topological polar surface area (TPSA) is 159 Å². The Labute approximate surface area is 282 Å². The molecule has 13 nitrogen and oxygen atoms in total. The lowest BCUT2D eigenvalue weighted by Gasteiger charge is -2.37. The maximum absolute atomic E-state index is 12.9. The monoisotopic (exact) mass is 669 g/mol. The van der Waals surface area contributed by atoms with Gasteiger partial charge in [-0.25, -0.2) is 4.98 Å². The number of carbonyl (C=O) groups is 1. The lowest BCUT2D eigenvalue weighted by Crippen LogP contribution is -2.40. The van der Waals surface area contributed by atoms with Crippen molar-refractivity contribution in [1.82, 2.24) is 19.5 Å². The first-order valence-corrected chi connectivity index (χ1v) is 15.8. The minimum absolute atomic E-state index is 0.0317. The molecule has 6 rings (SSSR count). The number of nitrogens with zero attached hydrogens (tertiary/aromatic N) is 3. The van der Waals surface area contributed by atoms with E-state index in [1.165, 1.54) is 18.0 Å². The third-order valence-electron chi connectivity index (χ3n) is 8.67. The van der Waals surface area contributed by atoms with Gasteiger partial charge in [0.05, 0.1) is 27.2 Å². The smallest absolute Gasteiger partial charge is 0.280 e. The molecule has 2 aromatic heterocycles. The van der Waals surface area contributed by atoms with Gasteiger partial charge in [0.25, 0.3) is 5.56 Å². The Morgan fingerprint density at radius 1 is 0.980 bits per heavy atom. The number of aliphatic hydroxyl groups is 1. The highest BCUT2D eigenvalue weighted by Gasteiger charge is 2.48. The van der Waals surface area contributed by atoms with Gasteiger partial charge in [0.15, 0.2) is 17.4 Å². The maximum Gasteiger partial charge on any atom is 0.280 e. The summed E-state index contributed by atoms with van der Waals surface area (Å²) in [6, 6.07) is 25.0. The lowest BCUT2D eigenvalue weighted by molar-refractivity contribution is -0.118. The van der Waals surface area contributed by atoms with Crippen molar-refractivity contribution < 1.29 is 33.6 Å². The Morgan fingerprint density at radius 3 is 2.35 bits per heavy atom. The lowest BCUT2D eigenvalue weighted by atomic mass is 9.80. The average molecular weight is 670 g/mol. The fourth-order valence-corrected chi connectivity index (χ4v) is 6.07. The Hall–Kier alpha value is -5.08. The van der Waals surface area contributed by atoms with E-state index in [4.69, 9.17) is 23.7 Å². The van der Waals surface area contributed by atoms with E-state index in [2.05, 4.69) is 20.3 Å². The molecule has 5 atom stereocenters. The molecule has 0 saturated carbocycles. The SMILES string of the molecule is COc1ccc([C@@](OC[C@H]2O[C@@H](n3cnc4c(=O)[nH]c(NC(=O)C(C)C)nc43)[C@H](OC)[C@@H]2O)(c2ccccc2)c2cccc(OC)c2)cc1. The summed E-state index contributed by atoms with van der Waals surface area (Å²) < 4.78 is 31.7. The molecule has 0 unspecified atom stereocenters. The van der Waals surface area contributed by atoms with Crippen LogP contribution in [0.25, 0.3) is 11.2 Å². The van der Waals surface area contributed by atoms with Crippen molar-refractivity contribution >= 4 is 23.0 Å². The van der Waals surface area contributed by atoms with Crippen molar-refractivity contribution in [2.75, 3.05) is 33.3 Å². The zero-order valence-electron chi connectivity index (χ0n) is 27.8. The van der Waals surface area contributed by atoms with Gasteiger partial charge in [-0.15, -0.1) is 0 Å². The van der Waals surface area contributed by atoms with Crippen LogP contribution in [-0.2, 0) is 24.6 Å². The zero-order chi connectivity index (χ0) is 34.7. The molecule has 1 saturated heterocycles. The van der Waals surface area contributed by atoms with E-state index in [1.807, 2.05) is 78.9 Å². The first-order valence-electron chi connectivity index (χ1n) is 15.8. The third-order valence-corrected chi connectivity index (χ3v) is 8.67. The molecule has 1 fully saturated rings. The normalized spacial score (nSPS) is 20.3. The molecule has 0 radical (unpaired) electrons. The molecule has 0 spiro atoms. The van der Waals surface area contributed by atoms with Crippen LogP contribution < -0.4 is 20.3 Å². The number of anilines is 1. The number of nitrogens with one attached hydrogen (secondary N) is 2. The fourth-order valence-electron chi connectivity index (χ4n) is 6.07. The first kappa shape index (κ1) is 33.8. The van der Waals surface area contributed by atoms with Crippen LogP contribution in [0.2, 0.25) is 0 Å². The standard InChI is InChI=1S/C36H39N5O8/c1-21(2)32(43)39-35-38-31-28(33(44)40-35)37-20-41(31)34-30(47-5)29(42)27(49-34)19-48-36(22-10-7-6-8-11-22,23-14-16-25(45-3)17-15-23)24-12-9-13-26(18-24)46-4/h6-18,20-21,27,29-30,34,42H,19H2,1-5H3,(H2,38,39,40,43,44)/t27-,29-,30-,34-,36+/m1/s1. The van der Waals surface area contributed by atoms with Gasteiger partial charge in [-0.2, -0.15) is 4.98 Å². The largest absolute Gasteiger partial charge is 0.497 e. The number of hydrogen-bond donors (Lipinski definition) is 3. The molecule has 0 aliphatic carbocycles. The first-order chi connectivity index (χ1) is 23.7. The number of carbonyl (C=O) groups excluding carboxylic acids is 1. The second kappa shape index (κ2) is 14.2. The van der Waals surface area contributed by atoms with Crippen LogP contribution in [-0.4, -0.2) is 76.8 Å². The molecule has 256 valence electrons. The summed E-state index contributed by atoms with van der Waals surface area (Å²) in [7, 11) is 4.68. The number of benzene rings is 3. The molecule has 1 amide bonds. The average Bonchev–Trinajstić information content (AvgIpc) is 3.69. The van der Waals surface area contributed by atoms with Crippen molar-refractivity contribution in [1.29, 1.82) is 0 Å². The highest BCUT2D eigenvalue weighted by molar-refractivity contribution is 5.91. The van der Waals surface area contributed by atoms with Crippen LogP contribution in [0.5, 0.6) is 11.5 Å². The number of hydrogen-bond acceptors (Lipinski definition) is 10. The second-order valence-electron chi connectivity index (χ2n) is 12.0. The molecule has 1 aliphatic heterocycles. The van der Waals surface area contributed by atoms with Crippen LogP contribution in [0, 0.1) is 5.92 Å². The van der Waals surface area contributed by atoms with Crippen LogP contribution in [0.1, 0.15) is 36.8 Å². The summed E-state index contributed by atoms with van der Waals surface area (Å²) in [5.41, 5.74) is 0.899. The molecule has 3 heterocycles. The number of amides is 1. The summed E-state index contributed by atoms with van der Waals surface area (Å²) in [4.78, 5) is 36.5. The van der Waals surface area contributed by atoms with Gasteiger partial charge in [0.1, 0.15) is 35.4 Å². The predicted molar refractivity (Wildman–Crippen MR) is 181 cm³/mol. The van der Waals surface area contributed by atoms with Gasteiger partial charge in [0.2, 0.25) is 11.9 Å². The van der Waals surface area contributed by atoms with E-state index in [0.717, 1.165) is 16.7 Å². The molecule has 3 N–H and O–H groups in total. The number of imidazole rings is 1. The Bertz CT molecular complexity index is 1960. The van der Waals surface area contributed by atoms with Crippen molar-refractivity contribution in [2.45, 2.75) is 44.0 Å². The molecule has 3 aromatic carbocycles. The highest BCUT2D eigenvalue weighted by atomic mass is 16.6. The van der Waals surface area contributed by atoms with Gasteiger partial charge < -0.3 is 28.8 Å². The summed E-state index contributed by atoms with van der Waals surface area (Å²) in [6.45, 7) is 3.38. The van der Waals surface area contributed by atoms with Crippen LogP contribution in [0.4, 0.5) is 5.95 Å². The number of aliphatic hydroxyl groups excluding tert-OH is 1. The number of aromatic amines is 1. The van der Waals surface area contributed by atoms with E-state index in [0.29, 0.717) is 11.5 Å². The zero-order valence-corrected chi connectivity index (χ0v) is 27.8. The number of ether oxygens (including phenoxy) is 5. The number of fused-ring (bicyclic) bond motifs is 1. The summed E-state index contributed by atoms with van der Waals surface area (Å²) >= 11 is 0. The number of rotatable bonds is 12. The predicted octanol–water partition coefficient (Wildman–Crippen LogP) is 4.01. The van der Waals surface area contributed by atoms with Crippen LogP contribution in [0.15, 0.2) is 90.0 Å². The van der Waals surface area contributed by atoms with Gasteiger partial charge >= 0.3 is 0 Å². The Morgan fingerprint density at radius 2 is 1.67 bits per heavy atom. The molecule has 5 aromatic rings. The molecule has 13 heteroatoms. The van der Waals surface area contributed by atoms with E-state index in [-0.39, 0.29) is 35.5 Å². The van der Waals surface area contributed by atoms with E-state index < -0.39 is 35.7 Å². The van der Waals surface area contributed by atoms with Gasteiger partial charge in [-0.05, 0) is 41.0 Å². The Kier molecular flexibility index (Phi) is 9.79. The van der Waals surface area contributed by atoms with Crippen molar-refractivity contribution in [2.24, 2.45) is 5.92 Å². The molecular formula is C36H39N5O8. The molecule has 1 aliphatic rings. The second-order valence-corrected chi connectivity index (χ2v) is 12.0. The minimum atomic E-state index is -1.17. The van der Waals surface area contributed by atoms with Crippen LogP contribution in [0.3, 0.4) is 0 Å². The molecule has 0 bridgehead atoms. The van der Waals surface area contributed by atoms with Crippen molar-refractivity contribution in [3.8, 4) is 11.5 Å². The maximum atomic E-state index is 12.9. The number of methoxy groups -OCH3 is 3. The Balaban J connectivity index is 1.39. The molecule has 49 heavy (non-hydrogen) atoms. The summed E-state index contributed by atoms with van der Waals surface area (Å²) in [5.74, 6) is 0.642. The van der Waals surface area contributed by atoms with Crippen molar-refractivity contribution in [3.05, 3.63) is 112 Å². The minimum Gasteiger partial charge on any atom is -0.497 e.